The van der Waals surface area contributed by atoms with Gasteiger partial charge in [0.05, 0.1) is 6.54 Å². The number of carbonyl (C=O) groups is 2. The first-order valence-corrected chi connectivity index (χ1v) is 9.62. The normalized spacial score (nSPS) is 10.5. The molecule has 0 saturated heterocycles. The van der Waals surface area contributed by atoms with Crippen LogP contribution in [0.4, 0.5) is 0 Å². The number of nitrogens with one attached hydrogen (secondary N) is 2. The second-order valence-electron chi connectivity index (χ2n) is 6.44. The Kier molecular flexibility index (Phi) is 9.01. The molecule has 6 nitrogen and oxygen atoms in total. The predicted octanol–water partition coefficient (Wildman–Crippen LogP) is 2.34. The van der Waals surface area contributed by atoms with Crippen molar-refractivity contribution in [1.82, 2.24) is 15.5 Å². The molecule has 6 heteroatoms. The summed E-state index contributed by atoms with van der Waals surface area (Å²) >= 11 is 0. The highest BCUT2D eigenvalue weighted by atomic mass is 16.5. The number of rotatable bonds is 11. The third-order valence-corrected chi connectivity index (χ3v) is 4.34. The maximum Gasteiger partial charge on any atom is 0.258 e. The monoisotopic (exact) mass is 383 g/mol. The fraction of sp³-hybridized carbons (Fsp3) is 0.364. The van der Waals surface area contributed by atoms with Crippen LogP contribution < -0.4 is 15.4 Å². The molecule has 0 aliphatic heterocycles. The molecule has 0 radical (unpaired) electrons. The van der Waals surface area contributed by atoms with Gasteiger partial charge in [0.1, 0.15) is 5.75 Å². The van der Waals surface area contributed by atoms with Crippen LogP contribution in [-0.4, -0.2) is 43.0 Å². The standard InChI is InChI=1S/C22H29N3O3/c1-3-25(4-2)16-19-10-8-9-18(13-19)14-23-21(26)15-24-22(27)17-28-20-11-6-5-7-12-20/h5-13H,3-4,14-17H2,1-2H3,(H,23,26)(H,24,27). The van der Waals surface area contributed by atoms with E-state index < -0.39 is 0 Å². The van der Waals surface area contributed by atoms with E-state index in [0.29, 0.717) is 12.3 Å². The molecule has 0 fully saturated rings. The molecule has 0 spiro atoms. The molecule has 0 bridgehead atoms. The summed E-state index contributed by atoms with van der Waals surface area (Å²) < 4.78 is 5.34. The molecule has 0 aromatic heterocycles. The van der Waals surface area contributed by atoms with E-state index in [1.165, 1.54) is 5.56 Å². The van der Waals surface area contributed by atoms with Crippen molar-refractivity contribution in [3.63, 3.8) is 0 Å². The summed E-state index contributed by atoms with van der Waals surface area (Å²) in [4.78, 5) is 26.1. The van der Waals surface area contributed by atoms with E-state index in [4.69, 9.17) is 4.74 Å². The Bertz CT molecular complexity index is 746. The minimum Gasteiger partial charge on any atom is -0.484 e. The van der Waals surface area contributed by atoms with E-state index in [-0.39, 0.29) is 25.0 Å². The molecular formula is C22H29N3O3. The van der Waals surface area contributed by atoms with Crippen LogP contribution in [0.2, 0.25) is 0 Å². The van der Waals surface area contributed by atoms with Crippen LogP contribution in [0.1, 0.15) is 25.0 Å². The van der Waals surface area contributed by atoms with Gasteiger partial charge in [0.15, 0.2) is 6.61 Å². The van der Waals surface area contributed by atoms with Crippen molar-refractivity contribution in [2.75, 3.05) is 26.2 Å². The van der Waals surface area contributed by atoms with Gasteiger partial charge in [-0.15, -0.1) is 0 Å². The second-order valence-corrected chi connectivity index (χ2v) is 6.44. The molecule has 0 unspecified atom stereocenters. The SMILES string of the molecule is CCN(CC)Cc1cccc(CNC(=O)CNC(=O)COc2ccccc2)c1. The van der Waals surface area contributed by atoms with Crippen LogP contribution in [-0.2, 0) is 22.7 Å². The maximum atomic E-state index is 12.0. The largest absolute Gasteiger partial charge is 0.484 e. The lowest BCUT2D eigenvalue weighted by molar-refractivity contribution is -0.127. The van der Waals surface area contributed by atoms with E-state index in [9.17, 15) is 9.59 Å². The Labute approximate surface area is 166 Å². The van der Waals surface area contributed by atoms with Gasteiger partial charge in [-0.05, 0) is 36.3 Å². The van der Waals surface area contributed by atoms with Crippen molar-refractivity contribution in [3.05, 3.63) is 65.7 Å². The number of para-hydroxylation sites is 1. The minimum atomic E-state index is -0.333. The first kappa shape index (κ1) is 21.4. The Morgan fingerprint density at radius 2 is 1.61 bits per heavy atom. The fourth-order valence-corrected chi connectivity index (χ4v) is 2.70. The summed E-state index contributed by atoms with van der Waals surface area (Å²) in [7, 11) is 0. The Morgan fingerprint density at radius 1 is 0.893 bits per heavy atom. The highest BCUT2D eigenvalue weighted by molar-refractivity contribution is 5.85. The number of amides is 2. The molecule has 2 amide bonds. The number of nitrogens with zero attached hydrogens (tertiary/aromatic N) is 1. The van der Waals surface area contributed by atoms with Crippen LogP contribution in [0.15, 0.2) is 54.6 Å². The van der Waals surface area contributed by atoms with E-state index in [2.05, 4.69) is 41.5 Å². The van der Waals surface area contributed by atoms with Crippen molar-refractivity contribution >= 4 is 11.8 Å². The van der Waals surface area contributed by atoms with Crippen LogP contribution in [0.25, 0.3) is 0 Å². The summed E-state index contributed by atoms with van der Waals surface area (Å²) in [5.74, 6) is 0.0501. The van der Waals surface area contributed by atoms with Gasteiger partial charge in [-0.1, -0.05) is 56.3 Å². The lowest BCUT2D eigenvalue weighted by Gasteiger charge is -2.18. The summed E-state index contributed by atoms with van der Waals surface area (Å²) in [6.45, 7) is 7.43. The summed E-state index contributed by atoms with van der Waals surface area (Å²) in [6, 6.07) is 17.3. The summed E-state index contributed by atoms with van der Waals surface area (Å²) in [5, 5.41) is 5.39. The molecule has 0 atom stereocenters. The third kappa shape index (κ3) is 7.80. The van der Waals surface area contributed by atoms with Gasteiger partial charge in [0.25, 0.3) is 5.91 Å². The average Bonchev–Trinajstić information content (AvgIpc) is 2.74. The average molecular weight is 383 g/mol. The molecule has 2 rings (SSSR count). The maximum absolute atomic E-state index is 12.0. The molecule has 0 heterocycles. The first-order valence-electron chi connectivity index (χ1n) is 9.62. The molecule has 2 aromatic rings. The molecule has 28 heavy (non-hydrogen) atoms. The fourth-order valence-electron chi connectivity index (χ4n) is 2.70. The van der Waals surface area contributed by atoms with E-state index in [1.807, 2.05) is 30.3 Å². The van der Waals surface area contributed by atoms with Crippen molar-refractivity contribution in [2.45, 2.75) is 26.9 Å². The van der Waals surface area contributed by atoms with Crippen LogP contribution in [0.3, 0.4) is 0 Å². The minimum absolute atomic E-state index is 0.0733. The van der Waals surface area contributed by atoms with Gasteiger partial charge in [-0.2, -0.15) is 0 Å². The van der Waals surface area contributed by atoms with Crippen LogP contribution in [0.5, 0.6) is 5.75 Å². The smallest absolute Gasteiger partial charge is 0.258 e. The zero-order chi connectivity index (χ0) is 20.2. The Balaban J connectivity index is 1.69. The number of hydrogen-bond acceptors (Lipinski definition) is 4. The van der Waals surface area contributed by atoms with Crippen molar-refractivity contribution in [3.8, 4) is 5.75 Å². The Hall–Kier alpha value is -2.86. The molecular weight excluding hydrogens is 354 g/mol. The number of hydrogen-bond donors (Lipinski definition) is 2. The second kappa shape index (κ2) is 11.8. The number of carbonyl (C=O) groups excluding carboxylic acids is 2. The molecule has 0 aliphatic rings. The highest BCUT2D eigenvalue weighted by Gasteiger charge is 2.07. The summed E-state index contributed by atoms with van der Waals surface area (Å²) in [5.41, 5.74) is 2.26. The van der Waals surface area contributed by atoms with Gasteiger partial charge in [-0.3, -0.25) is 14.5 Å². The van der Waals surface area contributed by atoms with Gasteiger partial charge in [0.2, 0.25) is 5.91 Å². The summed E-state index contributed by atoms with van der Waals surface area (Å²) in [6.07, 6.45) is 0. The number of ether oxygens (including phenoxy) is 1. The number of benzene rings is 2. The molecule has 150 valence electrons. The quantitative estimate of drug-likeness (QED) is 0.625. The molecule has 0 aliphatic carbocycles. The van der Waals surface area contributed by atoms with Gasteiger partial charge >= 0.3 is 0 Å². The van der Waals surface area contributed by atoms with Crippen molar-refractivity contribution in [1.29, 1.82) is 0 Å². The topological polar surface area (TPSA) is 70.7 Å². The zero-order valence-electron chi connectivity index (χ0n) is 16.6. The van der Waals surface area contributed by atoms with Crippen LogP contribution in [0, 0.1) is 0 Å². The zero-order valence-corrected chi connectivity index (χ0v) is 16.6. The lowest BCUT2D eigenvalue weighted by atomic mass is 10.1. The van der Waals surface area contributed by atoms with E-state index >= 15 is 0 Å². The molecule has 2 N–H and O–H groups in total. The van der Waals surface area contributed by atoms with Crippen molar-refractivity contribution < 1.29 is 14.3 Å². The van der Waals surface area contributed by atoms with E-state index in [1.54, 1.807) is 12.1 Å². The Morgan fingerprint density at radius 3 is 2.32 bits per heavy atom. The molecule has 2 aromatic carbocycles. The predicted molar refractivity (Wildman–Crippen MR) is 110 cm³/mol. The van der Waals surface area contributed by atoms with Gasteiger partial charge < -0.3 is 15.4 Å². The first-order chi connectivity index (χ1) is 13.6. The van der Waals surface area contributed by atoms with Crippen molar-refractivity contribution in [2.24, 2.45) is 0 Å². The lowest BCUT2D eigenvalue weighted by Crippen LogP contribution is -2.38. The molecule has 0 saturated carbocycles. The third-order valence-electron chi connectivity index (χ3n) is 4.34. The van der Waals surface area contributed by atoms with Gasteiger partial charge in [-0.25, -0.2) is 0 Å². The van der Waals surface area contributed by atoms with Crippen LogP contribution >= 0.6 is 0 Å². The van der Waals surface area contributed by atoms with Gasteiger partial charge in [0, 0.05) is 13.1 Å². The van der Waals surface area contributed by atoms with E-state index in [0.717, 1.165) is 25.2 Å². The highest BCUT2D eigenvalue weighted by Crippen LogP contribution is 2.09.